The van der Waals surface area contributed by atoms with Crippen LogP contribution in [0.15, 0.2) is 59.7 Å². The first-order valence-electron chi connectivity index (χ1n) is 5.91. The van der Waals surface area contributed by atoms with E-state index in [4.69, 9.17) is 5.84 Å². The van der Waals surface area contributed by atoms with E-state index in [9.17, 15) is 0 Å². The number of nitrogens with one attached hydrogen (secondary N) is 1. The molecule has 2 aliphatic heterocycles. The van der Waals surface area contributed by atoms with E-state index in [0.29, 0.717) is 0 Å². The number of likely N-dealkylation sites (N-methyl/N-ethyl adjacent to an activating group) is 1. The second kappa shape index (κ2) is 4.99. The van der Waals surface area contributed by atoms with Crippen molar-refractivity contribution in [1.29, 1.82) is 0 Å². The van der Waals surface area contributed by atoms with Crippen LogP contribution in [-0.4, -0.2) is 17.1 Å². The number of hydrazine groups is 2. The summed E-state index contributed by atoms with van der Waals surface area (Å²) in [6, 6.07) is 10.2. The van der Waals surface area contributed by atoms with Crippen LogP contribution in [0.2, 0.25) is 0 Å². The summed E-state index contributed by atoms with van der Waals surface area (Å²) in [6.07, 6.45) is 4.11. The third-order valence-electron chi connectivity index (χ3n) is 3.23. The van der Waals surface area contributed by atoms with Gasteiger partial charge < -0.3 is 5.43 Å². The number of rotatable bonds is 1. The molecule has 0 amide bonds. The lowest BCUT2D eigenvalue weighted by Crippen LogP contribution is -2.30. The third-order valence-corrected chi connectivity index (χ3v) is 3.23. The van der Waals surface area contributed by atoms with Crippen molar-refractivity contribution in [3.8, 4) is 0 Å². The highest BCUT2D eigenvalue weighted by Crippen LogP contribution is 2.32. The van der Waals surface area contributed by atoms with Gasteiger partial charge in [-0.05, 0) is 18.6 Å². The number of benzene rings is 1. The second-order valence-electron chi connectivity index (χ2n) is 4.53. The second-order valence-corrected chi connectivity index (χ2v) is 4.53. The van der Waals surface area contributed by atoms with Gasteiger partial charge in [-0.2, -0.15) is 0 Å². The van der Waals surface area contributed by atoms with E-state index in [1.54, 1.807) is 5.01 Å². The normalized spacial score (nSPS) is 17.4. The highest BCUT2D eigenvalue weighted by Gasteiger charge is 2.27. The Morgan fingerprint density at radius 1 is 1.16 bits per heavy atom. The lowest BCUT2D eigenvalue weighted by atomic mass is 10.0. The number of fused-ring (bicyclic) bond motifs is 1. The molecule has 0 unspecified atom stereocenters. The molecule has 19 heavy (non-hydrogen) atoms. The smallest absolute Gasteiger partial charge is 0.102 e. The summed E-state index contributed by atoms with van der Waals surface area (Å²) < 4.78 is 0. The van der Waals surface area contributed by atoms with Gasteiger partial charge in [-0.1, -0.05) is 30.3 Å². The molecule has 3 N–H and O–H groups in total. The molecule has 1 aromatic rings. The maximum absolute atomic E-state index is 6.09. The Balaban J connectivity index is 0.00000133. The van der Waals surface area contributed by atoms with Gasteiger partial charge in [0.15, 0.2) is 0 Å². The molecule has 0 aliphatic carbocycles. The Bertz CT molecular complexity index is 574. The van der Waals surface area contributed by atoms with Crippen molar-refractivity contribution in [2.24, 2.45) is 5.84 Å². The van der Waals surface area contributed by atoms with E-state index < -0.39 is 0 Å². The lowest BCUT2D eigenvalue weighted by molar-refractivity contribution is 0.363. The van der Waals surface area contributed by atoms with E-state index in [1.165, 1.54) is 0 Å². The van der Waals surface area contributed by atoms with Crippen LogP contribution >= 0.6 is 12.4 Å². The summed E-state index contributed by atoms with van der Waals surface area (Å²) in [4.78, 5) is 0. The van der Waals surface area contributed by atoms with Gasteiger partial charge >= 0.3 is 0 Å². The maximum atomic E-state index is 6.09. The highest BCUT2D eigenvalue weighted by molar-refractivity contribution is 5.85. The summed E-state index contributed by atoms with van der Waals surface area (Å²) in [5.41, 5.74) is 8.71. The molecule has 0 radical (unpaired) electrons. The number of nitrogens with two attached hydrogens (primary N) is 1. The molecule has 0 atom stereocenters. The van der Waals surface area contributed by atoms with Crippen molar-refractivity contribution < 1.29 is 0 Å². The summed E-state index contributed by atoms with van der Waals surface area (Å²) in [7, 11) is 1.99. The molecule has 0 bridgehead atoms. The molecule has 100 valence electrons. The zero-order valence-corrected chi connectivity index (χ0v) is 11.7. The molecule has 0 saturated carbocycles. The van der Waals surface area contributed by atoms with E-state index in [0.717, 1.165) is 28.2 Å². The van der Waals surface area contributed by atoms with Gasteiger partial charge in [0.1, 0.15) is 5.70 Å². The number of halogens is 1. The van der Waals surface area contributed by atoms with Gasteiger partial charge in [-0.15, -0.1) is 12.4 Å². The van der Waals surface area contributed by atoms with Gasteiger partial charge in [0, 0.05) is 18.8 Å². The van der Waals surface area contributed by atoms with E-state index in [2.05, 4.69) is 23.6 Å². The predicted molar refractivity (Wildman–Crippen MR) is 79.4 cm³/mol. The van der Waals surface area contributed by atoms with Crippen LogP contribution in [0.1, 0.15) is 12.5 Å². The van der Waals surface area contributed by atoms with Crippen LogP contribution in [-0.2, 0) is 0 Å². The standard InChI is InChI=1S/C14H16N4.ClH/c1-10-14-13(17(2)16-10)8-12(9-18(14)15)11-6-4-3-5-7-11;/h3-9,16H,15H2,1-2H3;1H. The molecular weight excluding hydrogens is 260 g/mol. The van der Waals surface area contributed by atoms with Gasteiger partial charge in [-0.3, -0.25) is 10.0 Å². The molecule has 3 rings (SSSR count). The van der Waals surface area contributed by atoms with Crippen molar-refractivity contribution in [3.63, 3.8) is 0 Å². The number of nitrogens with zero attached hydrogens (tertiary/aromatic N) is 2. The fraction of sp³-hybridized carbons (Fsp3) is 0.143. The first-order chi connectivity index (χ1) is 8.66. The molecule has 0 aromatic heterocycles. The molecule has 5 heteroatoms. The number of allylic oxidation sites excluding steroid dienone is 3. The fourth-order valence-corrected chi connectivity index (χ4v) is 2.39. The average molecular weight is 277 g/mol. The minimum atomic E-state index is 0. The minimum absolute atomic E-state index is 0. The van der Waals surface area contributed by atoms with Crippen molar-refractivity contribution in [3.05, 3.63) is 65.3 Å². The first kappa shape index (κ1) is 13.5. The Morgan fingerprint density at radius 3 is 2.53 bits per heavy atom. The van der Waals surface area contributed by atoms with Crippen molar-refractivity contribution in [2.45, 2.75) is 6.92 Å². The van der Waals surface area contributed by atoms with Crippen LogP contribution < -0.4 is 11.3 Å². The van der Waals surface area contributed by atoms with Gasteiger partial charge in [0.05, 0.1) is 11.4 Å². The zero-order valence-electron chi connectivity index (χ0n) is 10.9. The molecule has 0 spiro atoms. The summed E-state index contributed by atoms with van der Waals surface area (Å²) >= 11 is 0. The molecule has 1 aromatic carbocycles. The molecular formula is C14H17ClN4. The third kappa shape index (κ3) is 2.20. The molecule has 2 heterocycles. The maximum Gasteiger partial charge on any atom is 0.102 e. The Hall–Kier alpha value is -1.91. The SMILES string of the molecule is CC1=C2C(=CC(c3ccccc3)=CN2N)N(C)N1.Cl. The number of hydrogen-bond donors (Lipinski definition) is 2. The van der Waals surface area contributed by atoms with Gasteiger partial charge in [-0.25, -0.2) is 5.84 Å². The Kier molecular flexibility index (Phi) is 3.55. The van der Waals surface area contributed by atoms with E-state index in [1.807, 2.05) is 43.4 Å². The summed E-state index contributed by atoms with van der Waals surface area (Å²) in [5.74, 6) is 6.09. The first-order valence-corrected chi connectivity index (χ1v) is 5.91. The molecule has 0 fully saturated rings. The van der Waals surface area contributed by atoms with Crippen molar-refractivity contribution in [2.75, 3.05) is 7.05 Å². The van der Waals surface area contributed by atoms with Crippen molar-refractivity contribution in [1.82, 2.24) is 15.4 Å². The van der Waals surface area contributed by atoms with E-state index in [-0.39, 0.29) is 12.4 Å². The van der Waals surface area contributed by atoms with Crippen LogP contribution in [0, 0.1) is 0 Å². The molecule has 0 saturated heterocycles. The average Bonchev–Trinajstić information content (AvgIpc) is 2.66. The quantitative estimate of drug-likeness (QED) is 0.772. The topological polar surface area (TPSA) is 44.5 Å². The van der Waals surface area contributed by atoms with Gasteiger partial charge in [0.2, 0.25) is 0 Å². The largest absolute Gasteiger partial charge is 0.301 e. The fourth-order valence-electron chi connectivity index (χ4n) is 2.39. The lowest BCUT2D eigenvalue weighted by Gasteiger charge is -2.25. The monoisotopic (exact) mass is 276 g/mol. The van der Waals surface area contributed by atoms with Crippen LogP contribution in [0.5, 0.6) is 0 Å². The van der Waals surface area contributed by atoms with E-state index >= 15 is 0 Å². The predicted octanol–water partition coefficient (Wildman–Crippen LogP) is 2.20. The van der Waals surface area contributed by atoms with Crippen molar-refractivity contribution >= 4 is 18.0 Å². The zero-order chi connectivity index (χ0) is 12.7. The van der Waals surface area contributed by atoms with Crippen LogP contribution in [0.25, 0.3) is 5.57 Å². The Labute approximate surface area is 119 Å². The van der Waals surface area contributed by atoms with Crippen LogP contribution in [0.3, 0.4) is 0 Å². The highest BCUT2D eigenvalue weighted by atomic mass is 35.5. The molecule has 4 nitrogen and oxygen atoms in total. The van der Waals surface area contributed by atoms with Crippen LogP contribution in [0.4, 0.5) is 0 Å². The number of hydrogen-bond acceptors (Lipinski definition) is 4. The minimum Gasteiger partial charge on any atom is -0.301 e. The summed E-state index contributed by atoms with van der Waals surface area (Å²) in [5, 5.41) is 3.67. The van der Waals surface area contributed by atoms with Gasteiger partial charge in [0.25, 0.3) is 0 Å². The Morgan fingerprint density at radius 2 is 1.84 bits per heavy atom. The summed E-state index contributed by atoms with van der Waals surface area (Å²) in [6.45, 7) is 2.02. The molecule has 2 aliphatic rings.